The Balaban J connectivity index is 2.68. The van der Waals surface area contributed by atoms with E-state index in [9.17, 15) is 4.79 Å². The smallest absolute Gasteiger partial charge is 0.229 e. The molecular formula is C15H26BrN3O. The van der Waals surface area contributed by atoms with Crippen molar-refractivity contribution in [1.29, 1.82) is 0 Å². The first-order valence-electron chi connectivity index (χ1n) is 7.01. The summed E-state index contributed by atoms with van der Waals surface area (Å²) in [6, 6.07) is 0.226. The predicted molar refractivity (Wildman–Crippen MR) is 87.4 cm³/mol. The highest BCUT2D eigenvalue weighted by Crippen LogP contribution is 2.18. The Labute approximate surface area is 130 Å². The molecule has 1 atom stereocenters. The molecule has 0 bridgehead atoms. The first kappa shape index (κ1) is 17.2. The van der Waals surface area contributed by atoms with Gasteiger partial charge >= 0.3 is 0 Å². The number of piperidine rings is 1. The maximum Gasteiger partial charge on any atom is 0.229 e. The maximum absolute atomic E-state index is 11.9. The largest absolute Gasteiger partial charge is 0.373 e. The number of nitrogens with two attached hydrogens (primary N) is 1. The van der Waals surface area contributed by atoms with E-state index in [-0.39, 0.29) is 11.9 Å². The van der Waals surface area contributed by atoms with Crippen LogP contribution in [0.4, 0.5) is 0 Å². The molecule has 20 heavy (non-hydrogen) atoms. The number of hydrogen-bond acceptors (Lipinski definition) is 3. The lowest BCUT2D eigenvalue weighted by Gasteiger charge is -2.34. The highest BCUT2D eigenvalue weighted by Gasteiger charge is 2.22. The minimum absolute atomic E-state index is 0.0250. The lowest BCUT2D eigenvalue weighted by molar-refractivity contribution is -0.127. The summed E-state index contributed by atoms with van der Waals surface area (Å²) in [7, 11) is 0. The summed E-state index contributed by atoms with van der Waals surface area (Å²) in [5.74, 6) is -0.0250. The van der Waals surface area contributed by atoms with Gasteiger partial charge in [-0.3, -0.25) is 4.79 Å². The molecule has 1 aliphatic rings. The van der Waals surface area contributed by atoms with Crippen LogP contribution in [-0.2, 0) is 4.79 Å². The molecule has 0 aromatic carbocycles. The van der Waals surface area contributed by atoms with Gasteiger partial charge < -0.3 is 16.0 Å². The molecule has 4 nitrogen and oxygen atoms in total. The summed E-state index contributed by atoms with van der Waals surface area (Å²) >= 11 is 3.50. The number of rotatable bonds is 4. The zero-order chi connectivity index (χ0) is 15.3. The van der Waals surface area contributed by atoms with Crippen LogP contribution in [-0.4, -0.2) is 35.3 Å². The number of alkyl halides is 1. The molecule has 1 rings (SSSR count). The number of likely N-dealkylation sites (tertiary alicyclic amines) is 1. The summed E-state index contributed by atoms with van der Waals surface area (Å²) in [4.78, 5) is 14.2. The van der Waals surface area contributed by atoms with E-state index in [4.69, 9.17) is 5.73 Å². The van der Waals surface area contributed by atoms with Crippen molar-refractivity contribution in [3.05, 3.63) is 24.0 Å². The van der Waals surface area contributed by atoms with Crippen molar-refractivity contribution < 1.29 is 4.79 Å². The molecule has 114 valence electrons. The molecule has 0 aromatic rings. The highest BCUT2D eigenvalue weighted by atomic mass is 79.9. The van der Waals surface area contributed by atoms with Crippen molar-refractivity contribution in [3.63, 3.8) is 0 Å². The number of hydrogen-bond donors (Lipinski definition) is 2. The number of nitrogens with zero attached hydrogens (tertiary/aromatic N) is 1. The Hall–Kier alpha value is -0.810. The fraction of sp³-hybridized carbons (Fsp3) is 0.667. The Morgan fingerprint density at radius 3 is 2.70 bits per heavy atom. The molecule has 5 heteroatoms. The van der Waals surface area contributed by atoms with E-state index in [0.717, 1.165) is 37.0 Å². The molecule has 0 spiro atoms. The van der Waals surface area contributed by atoms with Crippen LogP contribution in [0.15, 0.2) is 24.0 Å². The Bertz CT molecular complexity index is 398. The fourth-order valence-corrected chi connectivity index (χ4v) is 2.57. The average molecular weight is 344 g/mol. The molecule has 0 aliphatic carbocycles. The fourth-order valence-electron chi connectivity index (χ4n) is 2.06. The Morgan fingerprint density at radius 1 is 1.55 bits per heavy atom. The van der Waals surface area contributed by atoms with Crippen molar-refractivity contribution in [2.24, 2.45) is 11.1 Å². The number of allylic oxidation sites excluding steroid dienone is 2. The third kappa shape index (κ3) is 5.29. The lowest BCUT2D eigenvalue weighted by Crippen LogP contribution is -2.42. The first-order chi connectivity index (χ1) is 9.24. The number of nitrogens with one attached hydrogen (secondary N) is 1. The second-order valence-corrected chi connectivity index (χ2v) is 6.91. The van der Waals surface area contributed by atoms with Crippen molar-refractivity contribution in [2.75, 3.05) is 18.4 Å². The van der Waals surface area contributed by atoms with Gasteiger partial charge in [-0.25, -0.2) is 0 Å². The molecule has 3 N–H and O–H groups in total. The molecule has 1 aliphatic heterocycles. The van der Waals surface area contributed by atoms with E-state index in [1.807, 2.05) is 26.8 Å². The zero-order valence-corrected chi connectivity index (χ0v) is 14.3. The number of carbonyl (C=O) groups is 1. The Kier molecular flexibility index (Phi) is 6.27. The standard InChI is InChI=1S/C15H26BrN3O/c1-11(18-14(20)15(2,3)4)8-13(9-16)19-7-5-6-12(17)10-19/h8,12H,1,5-7,9-10,17H2,2-4H3,(H,18,20)/b13-8-. The number of halogens is 1. The molecule has 1 fully saturated rings. The lowest BCUT2D eigenvalue weighted by atomic mass is 9.95. The van der Waals surface area contributed by atoms with Gasteiger partial charge in [-0.05, 0) is 18.9 Å². The van der Waals surface area contributed by atoms with E-state index >= 15 is 0 Å². The van der Waals surface area contributed by atoms with Crippen LogP contribution in [0, 0.1) is 5.41 Å². The van der Waals surface area contributed by atoms with Crippen molar-refractivity contribution in [2.45, 2.75) is 39.7 Å². The van der Waals surface area contributed by atoms with Gasteiger partial charge in [-0.2, -0.15) is 0 Å². The van der Waals surface area contributed by atoms with Crippen molar-refractivity contribution >= 4 is 21.8 Å². The molecule has 1 amide bonds. The van der Waals surface area contributed by atoms with Crippen LogP contribution in [0.3, 0.4) is 0 Å². The minimum atomic E-state index is -0.418. The van der Waals surface area contributed by atoms with E-state index in [2.05, 4.69) is 32.7 Å². The van der Waals surface area contributed by atoms with Crippen LogP contribution in [0.5, 0.6) is 0 Å². The van der Waals surface area contributed by atoms with Crippen LogP contribution < -0.4 is 11.1 Å². The molecule has 0 saturated carbocycles. The second kappa shape index (κ2) is 7.27. The maximum atomic E-state index is 11.9. The zero-order valence-electron chi connectivity index (χ0n) is 12.7. The molecule has 1 unspecified atom stereocenters. The summed E-state index contributed by atoms with van der Waals surface area (Å²) in [5, 5.41) is 3.57. The van der Waals surface area contributed by atoms with Gasteiger partial charge in [0.25, 0.3) is 0 Å². The minimum Gasteiger partial charge on any atom is -0.373 e. The van der Waals surface area contributed by atoms with E-state index < -0.39 is 5.41 Å². The van der Waals surface area contributed by atoms with Crippen LogP contribution in [0.25, 0.3) is 0 Å². The Morgan fingerprint density at radius 2 is 2.20 bits per heavy atom. The van der Waals surface area contributed by atoms with E-state index in [1.165, 1.54) is 0 Å². The van der Waals surface area contributed by atoms with Gasteiger partial charge in [0.2, 0.25) is 5.91 Å². The normalized spacial score (nSPS) is 20.8. The summed E-state index contributed by atoms with van der Waals surface area (Å²) in [6.45, 7) is 11.4. The third-order valence-electron chi connectivity index (χ3n) is 3.30. The van der Waals surface area contributed by atoms with Gasteiger partial charge in [0.05, 0.1) is 0 Å². The third-order valence-corrected chi connectivity index (χ3v) is 3.87. The molecule has 1 saturated heterocycles. The monoisotopic (exact) mass is 343 g/mol. The van der Waals surface area contributed by atoms with Crippen LogP contribution in [0.1, 0.15) is 33.6 Å². The van der Waals surface area contributed by atoms with Gasteiger partial charge in [0, 0.05) is 41.3 Å². The summed E-state index contributed by atoms with van der Waals surface area (Å²) in [5.41, 5.74) is 7.33. The van der Waals surface area contributed by atoms with Gasteiger partial charge in [-0.15, -0.1) is 0 Å². The van der Waals surface area contributed by atoms with Gasteiger partial charge in [0.15, 0.2) is 0 Å². The summed E-state index contributed by atoms with van der Waals surface area (Å²) in [6.07, 6.45) is 4.11. The SMILES string of the molecule is C=C(/C=C(/CBr)N1CCCC(N)C1)NC(=O)C(C)(C)C. The average Bonchev–Trinajstić information content (AvgIpc) is 2.34. The molecule has 0 aromatic heterocycles. The quantitative estimate of drug-likeness (QED) is 0.608. The van der Waals surface area contributed by atoms with Crippen LogP contribution in [0.2, 0.25) is 0 Å². The molecule has 1 heterocycles. The predicted octanol–water partition coefficient (Wildman–Crippen LogP) is 2.36. The molecular weight excluding hydrogens is 318 g/mol. The van der Waals surface area contributed by atoms with E-state index in [1.54, 1.807) is 0 Å². The summed E-state index contributed by atoms with van der Waals surface area (Å²) < 4.78 is 0. The van der Waals surface area contributed by atoms with Crippen molar-refractivity contribution in [3.8, 4) is 0 Å². The van der Waals surface area contributed by atoms with Gasteiger partial charge in [0.1, 0.15) is 0 Å². The second-order valence-electron chi connectivity index (χ2n) is 6.35. The number of carbonyl (C=O) groups excluding carboxylic acids is 1. The van der Waals surface area contributed by atoms with Crippen molar-refractivity contribution in [1.82, 2.24) is 10.2 Å². The topological polar surface area (TPSA) is 58.4 Å². The highest BCUT2D eigenvalue weighted by molar-refractivity contribution is 9.09. The first-order valence-corrected chi connectivity index (χ1v) is 8.13. The van der Waals surface area contributed by atoms with E-state index in [0.29, 0.717) is 5.70 Å². The van der Waals surface area contributed by atoms with Crippen LogP contribution >= 0.6 is 15.9 Å². The molecule has 0 radical (unpaired) electrons. The van der Waals surface area contributed by atoms with Gasteiger partial charge in [-0.1, -0.05) is 43.3 Å². The number of amides is 1.